The Kier molecular flexibility index (Phi) is 6.73. The minimum atomic E-state index is -0.395. The van der Waals surface area contributed by atoms with E-state index in [-0.39, 0.29) is 35.7 Å². The molecule has 4 atom stereocenters. The molecule has 2 aliphatic carbocycles. The van der Waals surface area contributed by atoms with E-state index in [1.54, 1.807) is 48.5 Å². The number of amides is 4. The molecule has 2 aromatic rings. The number of rotatable bonds is 2. The number of fused-ring (bicyclic) bond motifs is 2. The molecule has 4 amide bonds. The summed E-state index contributed by atoms with van der Waals surface area (Å²) in [5.41, 5.74) is 1.95. The fourth-order valence-electron chi connectivity index (χ4n) is 5.83. The summed E-state index contributed by atoms with van der Waals surface area (Å²) in [6.07, 6.45) is 5.06. The fourth-order valence-corrected chi connectivity index (χ4v) is 5.83. The molecule has 0 radical (unpaired) electrons. The van der Waals surface area contributed by atoms with Crippen LogP contribution < -0.4 is 0 Å². The van der Waals surface area contributed by atoms with Crippen molar-refractivity contribution in [3.63, 3.8) is 0 Å². The van der Waals surface area contributed by atoms with Crippen molar-refractivity contribution in [3.8, 4) is 0 Å². The first-order valence-electron chi connectivity index (χ1n) is 12.7. The largest absolute Gasteiger partial charge is 0.393 e. The molecule has 2 aromatic carbocycles. The lowest BCUT2D eigenvalue weighted by Gasteiger charge is -2.31. The van der Waals surface area contributed by atoms with Gasteiger partial charge in [-0.05, 0) is 75.6 Å². The van der Waals surface area contributed by atoms with Crippen molar-refractivity contribution in [2.24, 2.45) is 0 Å². The Labute approximate surface area is 209 Å². The van der Waals surface area contributed by atoms with E-state index >= 15 is 0 Å². The van der Waals surface area contributed by atoms with Crippen LogP contribution in [0.2, 0.25) is 0 Å². The van der Waals surface area contributed by atoms with Crippen LogP contribution in [-0.2, 0) is 0 Å². The molecule has 2 aliphatic heterocycles. The monoisotopic (exact) mass is 490 g/mol. The van der Waals surface area contributed by atoms with Crippen molar-refractivity contribution in [2.75, 3.05) is 0 Å². The average Bonchev–Trinajstić information content (AvgIpc) is 3.29. The molecular weight excluding hydrogens is 460 g/mol. The molecule has 2 fully saturated rings. The molecule has 36 heavy (non-hydrogen) atoms. The Morgan fingerprint density at radius 2 is 0.833 bits per heavy atom. The van der Waals surface area contributed by atoms with Crippen LogP contribution >= 0.6 is 0 Å². The maximum absolute atomic E-state index is 12.2. The van der Waals surface area contributed by atoms with Crippen molar-refractivity contribution in [3.05, 3.63) is 70.8 Å². The third-order valence-corrected chi connectivity index (χ3v) is 7.62. The number of hydrogen-bond acceptors (Lipinski definition) is 6. The van der Waals surface area contributed by atoms with Gasteiger partial charge in [0, 0.05) is 12.1 Å². The number of aliphatic hydroxyl groups is 2. The summed E-state index contributed by atoms with van der Waals surface area (Å²) in [4.78, 5) is 51.6. The van der Waals surface area contributed by atoms with Gasteiger partial charge in [-0.25, -0.2) is 0 Å². The Balaban J connectivity index is 0.000000148. The number of hydrogen-bond donors (Lipinski definition) is 2. The SMILES string of the molecule is O=C1c2ccccc2C(=O)N1[C@@H]1CCC[C@H](O)C1.O=C1c2ccccc2C(=O)N1[C@H]1CCC[C@@H](O)C1. The lowest BCUT2D eigenvalue weighted by atomic mass is 9.92. The van der Waals surface area contributed by atoms with Crippen LogP contribution in [0.15, 0.2) is 48.5 Å². The number of carbonyl (C=O) groups is 4. The van der Waals surface area contributed by atoms with Crippen molar-refractivity contribution >= 4 is 23.6 Å². The first kappa shape index (κ1) is 24.3. The van der Waals surface area contributed by atoms with E-state index in [1.165, 1.54) is 9.80 Å². The standard InChI is InChI=1S/2C14H15NO3/c2*16-10-5-3-4-9(8-10)15-13(17)11-6-1-2-7-12(11)14(15)18/h2*1-2,6-7,9-10,16H,3-5,8H2/t2*9-,10+/m10/s1. The summed E-state index contributed by atoms with van der Waals surface area (Å²) in [5, 5.41) is 19.4. The number of nitrogens with zero attached hydrogens (tertiary/aromatic N) is 2. The van der Waals surface area contributed by atoms with Gasteiger partial charge in [-0.1, -0.05) is 24.3 Å². The van der Waals surface area contributed by atoms with E-state index < -0.39 is 12.2 Å². The molecule has 8 heteroatoms. The van der Waals surface area contributed by atoms with E-state index in [2.05, 4.69) is 0 Å². The predicted octanol–water partition coefficient (Wildman–Crippen LogP) is 3.17. The third-order valence-electron chi connectivity index (χ3n) is 7.62. The second kappa shape index (κ2) is 9.95. The van der Waals surface area contributed by atoms with Crippen LogP contribution in [0, 0.1) is 0 Å². The molecule has 188 valence electrons. The number of benzene rings is 2. The quantitative estimate of drug-likeness (QED) is 0.625. The van der Waals surface area contributed by atoms with Crippen LogP contribution in [-0.4, -0.2) is 67.9 Å². The highest BCUT2D eigenvalue weighted by Gasteiger charge is 2.42. The van der Waals surface area contributed by atoms with Crippen LogP contribution in [0.4, 0.5) is 0 Å². The van der Waals surface area contributed by atoms with Crippen molar-refractivity contribution < 1.29 is 29.4 Å². The van der Waals surface area contributed by atoms with Gasteiger partial charge < -0.3 is 10.2 Å². The summed E-state index contributed by atoms with van der Waals surface area (Å²) < 4.78 is 0. The van der Waals surface area contributed by atoms with E-state index in [9.17, 15) is 29.4 Å². The highest BCUT2D eigenvalue weighted by molar-refractivity contribution is 6.22. The smallest absolute Gasteiger partial charge is 0.261 e. The Hall–Kier alpha value is -3.36. The second-order valence-corrected chi connectivity index (χ2v) is 10.0. The minimum absolute atomic E-state index is 0.152. The molecule has 0 saturated heterocycles. The molecule has 8 nitrogen and oxygen atoms in total. The van der Waals surface area contributed by atoms with E-state index in [0.717, 1.165) is 38.5 Å². The van der Waals surface area contributed by atoms with Gasteiger partial charge in [0.15, 0.2) is 0 Å². The number of carbonyl (C=O) groups excluding carboxylic acids is 4. The van der Waals surface area contributed by atoms with E-state index in [1.807, 2.05) is 0 Å². The molecule has 0 aromatic heterocycles. The maximum atomic E-state index is 12.2. The van der Waals surface area contributed by atoms with Gasteiger partial charge in [-0.2, -0.15) is 0 Å². The molecule has 2 heterocycles. The molecule has 2 N–H and O–H groups in total. The summed E-state index contributed by atoms with van der Waals surface area (Å²) in [6.45, 7) is 0. The summed E-state index contributed by atoms with van der Waals surface area (Å²) in [7, 11) is 0. The molecule has 0 spiro atoms. The van der Waals surface area contributed by atoms with Gasteiger partial charge in [0.2, 0.25) is 0 Å². The Morgan fingerprint density at radius 1 is 0.528 bits per heavy atom. The zero-order valence-corrected chi connectivity index (χ0v) is 20.0. The average molecular weight is 491 g/mol. The highest BCUT2D eigenvalue weighted by atomic mass is 16.3. The highest BCUT2D eigenvalue weighted by Crippen LogP contribution is 2.32. The van der Waals surface area contributed by atoms with Crippen LogP contribution in [0.5, 0.6) is 0 Å². The Bertz CT molecular complexity index is 1050. The van der Waals surface area contributed by atoms with Crippen LogP contribution in [0.3, 0.4) is 0 Å². The normalized spacial score (nSPS) is 27.5. The molecule has 0 unspecified atom stereocenters. The summed E-state index contributed by atoms with van der Waals surface area (Å²) in [6, 6.07) is 13.5. The van der Waals surface area contributed by atoms with Gasteiger partial charge in [0.25, 0.3) is 23.6 Å². The summed E-state index contributed by atoms with van der Waals surface area (Å²) in [5.74, 6) is -0.853. The van der Waals surface area contributed by atoms with Crippen LogP contribution in [0.25, 0.3) is 0 Å². The first-order valence-corrected chi connectivity index (χ1v) is 12.7. The van der Waals surface area contributed by atoms with Gasteiger partial charge in [0.05, 0.1) is 34.5 Å². The minimum Gasteiger partial charge on any atom is -0.393 e. The fraction of sp³-hybridized carbons (Fsp3) is 0.429. The van der Waals surface area contributed by atoms with Crippen LogP contribution in [0.1, 0.15) is 92.8 Å². The number of imide groups is 2. The zero-order chi connectivity index (χ0) is 25.4. The topological polar surface area (TPSA) is 115 Å². The van der Waals surface area contributed by atoms with Crippen molar-refractivity contribution in [2.45, 2.75) is 75.7 Å². The van der Waals surface area contributed by atoms with E-state index in [4.69, 9.17) is 0 Å². The van der Waals surface area contributed by atoms with Crippen molar-refractivity contribution in [1.29, 1.82) is 0 Å². The second-order valence-electron chi connectivity index (χ2n) is 10.0. The zero-order valence-electron chi connectivity index (χ0n) is 20.0. The number of aliphatic hydroxyl groups excluding tert-OH is 2. The lowest BCUT2D eigenvalue weighted by molar-refractivity contribution is 0.0397. The summed E-state index contributed by atoms with van der Waals surface area (Å²) >= 11 is 0. The first-order chi connectivity index (χ1) is 17.4. The Morgan fingerprint density at radius 3 is 1.11 bits per heavy atom. The van der Waals surface area contributed by atoms with Gasteiger partial charge >= 0.3 is 0 Å². The van der Waals surface area contributed by atoms with Gasteiger partial charge in [-0.3, -0.25) is 29.0 Å². The maximum Gasteiger partial charge on any atom is 0.261 e. The third kappa shape index (κ3) is 4.35. The molecule has 0 bridgehead atoms. The molecule has 2 saturated carbocycles. The van der Waals surface area contributed by atoms with Gasteiger partial charge in [0.1, 0.15) is 0 Å². The molecular formula is C28H30N2O6. The van der Waals surface area contributed by atoms with Gasteiger partial charge in [-0.15, -0.1) is 0 Å². The molecule has 6 rings (SSSR count). The van der Waals surface area contributed by atoms with E-state index in [0.29, 0.717) is 35.1 Å². The predicted molar refractivity (Wildman–Crippen MR) is 130 cm³/mol. The lowest BCUT2D eigenvalue weighted by Crippen LogP contribution is -2.43. The van der Waals surface area contributed by atoms with Crippen molar-refractivity contribution in [1.82, 2.24) is 9.80 Å². The molecule has 4 aliphatic rings.